The van der Waals surface area contributed by atoms with E-state index in [1.165, 1.54) is 0 Å². The van der Waals surface area contributed by atoms with Crippen LogP contribution < -0.4 is 10.5 Å². The molecule has 1 saturated carbocycles. The molecule has 0 amide bonds. The van der Waals surface area contributed by atoms with E-state index in [1.54, 1.807) is 0 Å². The zero-order chi connectivity index (χ0) is 15.6. The highest BCUT2D eigenvalue weighted by molar-refractivity contribution is 7.89. The van der Waals surface area contributed by atoms with Gasteiger partial charge in [-0.2, -0.15) is 0 Å². The van der Waals surface area contributed by atoms with Crippen molar-refractivity contribution in [2.45, 2.75) is 42.7 Å². The first kappa shape index (κ1) is 15.7. The molecule has 0 aliphatic heterocycles. The lowest BCUT2D eigenvalue weighted by molar-refractivity contribution is -0.383. The summed E-state index contributed by atoms with van der Waals surface area (Å²) in [5.41, 5.74) is 4.94. The van der Waals surface area contributed by atoms with Gasteiger partial charge in [0.05, 0.1) is 15.9 Å². The first-order chi connectivity index (χ1) is 9.81. The molecular formula is C12H17N3O5S. The average molecular weight is 315 g/mol. The van der Waals surface area contributed by atoms with Crippen LogP contribution in [0.25, 0.3) is 0 Å². The first-order valence-corrected chi connectivity index (χ1v) is 8.04. The fraction of sp³-hybridized carbons (Fsp3) is 0.500. The van der Waals surface area contributed by atoms with Crippen molar-refractivity contribution in [2.24, 2.45) is 0 Å². The standard InChI is InChI=1S/C12H17N3O5S/c13-9-7-8(5-6-11(9)15(17)18)21(19,20)14-10-3-1-2-4-12(10)16/h5-7,10,12,14,16H,1-4,13H2. The second-order valence-electron chi connectivity index (χ2n) is 5.06. The molecule has 21 heavy (non-hydrogen) atoms. The fourth-order valence-corrected chi connectivity index (χ4v) is 3.72. The van der Waals surface area contributed by atoms with Gasteiger partial charge in [0.25, 0.3) is 5.69 Å². The van der Waals surface area contributed by atoms with Gasteiger partial charge >= 0.3 is 0 Å². The van der Waals surface area contributed by atoms with Crippen LogP contribution in [-0.4, -0.2) is 30.6 Å². The third kappa shape index (κ3) is 3.49. The fourth-order valence-electron chi connectivity index (χ4n) is 2.38. The molecule has 2 rings (SSSR count). The van der Waals surface area contributed by atoms with Crippen LogP contribution in [0.5, 0.6) is 0 Å². The molecule has 1 aliphatic carbocycles. The van der Waals surface area contributed by atoms with Gasteiger partial charge in [-0.25, -0.2) is 13.1 Å². The van der Waals surface area contributed by atoms with E-state index in [0.717, 1.165) is 31.0 Å². The van der Waals surface area contributed by atoms with Crippen LogP contribution >= 0.6 is 0 Å². The first-order valence-electron chi connectivity index (χ1n) is 6.55. The maximum atomic E-state index is 12.2. The van der Waals surface area contributed by atoms with E-state index in [-0.39, 0.29) is 16.3 Å². The summed E-state index contributed by atoms with van der Waals surface area (Å²) in [5.74, 6) is 0. The molecule has 9 heteroatoms. The lowest BCUT2D eigenvalue weighted by Gasteiger charge is -2.28. The van der Waals surface area contributed by atoms with Crippen LogP contribution in [0.2, 0.25) is 0 Å². The van der Waals surface area contributed by atoms with Gasteiger partial charge < -0.3 is 10.8 Å². The smallest absolute Gasteiger partial charge is 0.292 e. The zero-order valence-electron chi connectivity index (χ0n) is 11.2. The Balaban J connectivity index is 2.23. The normalized spacial score (nSPS) is 22.9. The van der Waals surface area contributed by atoms with Gasteiger partial charge in [0, 0.05) is 12.1 Å². The topological polar surface area (TPSA) is 136 Å². The SMILES string of the molecule is Nc1cc(S(=O)(=O)NC2CCCCC2O)ccc1[N+](=O)[O-]. The Kier molecular flexibility index (Phi) is 4.45. The minimum Gasteiger partial charge on any atom is -0.393 e. The van der Waals surface area contributed by atoms with Crippen molar-refractivity contribution in [3.8, 4) is 0 Å². The third-order valence-electron chi connectivity index (χ3n) is 3.54. The number of benzene rings is 1. The number of hydrogen-bond donors (Lipinski definition) is 3. The molecule has 116 valence electrons. The number of sulfonamides is 1. The second kappa shape index (κ2) is 5.96. The van der Waals surface area contributed by atoms with Gasteiger partial charge in [-0.15, -0.1) is 0 Å². The van der Waals surface area contributed by atoms with Crippen molar-refractivity contribution >= 4 is 21.4 Å². The van der Waals surface area contributed by atoms with Gasteiger partial charge in [-0.1, -0.05) is 12.8 Å². The number of rotatable bonds is 4. The van der Waals surface area contributed by atoms with Crippen LogP contribution in [0.15, 0.2) is 23.1 Å². The molecule has 1 fully saturated rings. The predicted molar refractivity (Wildman–Crippen MR) is 76.1 cm³/mol. The summed E-state index contributed by atoms with van der Waals surface area (Å²) in [7, 11) is -3.87. The molecule has 1 aromatic rings. The van der Waals surface area contributed by atoms with Crippen molar-refractivity contribution in [2.75, 3.05) is 5.73 Å². The van der Waals surface area contributed by atoms with Crippen LogP contribution in [0.4, 0.5) is 11.4 Å². The molecule has 2 unspecified atom stereocenters. The summed E-state index contributed by atoms with van der Waals surface area (Å²) in [4.78, 5) is 9.84. The summed E-state index contributed by atoms with van der Waals surface area (Å²) < 4.78 is 26.9. The zero-order valence-corrected chi connectivity index (χ0v) is 12.0. The molecule has 0 bridgehead atoms. The molecule has 0 heterocycles. The van der Waals surface area contributed by atoms with Crippen molar-refractivity contribution in [1.29, 1.82) is 0 Å². The number of hydrogen-bond acceptors (Lipinski definition) is 6. The van der Waals surface area contributed by atoms with Gasteiger partial charge in [0.2, 0.25) is 10.0 Å². The number of nitro benzene ring substituents is 1. The maximum Gasteiger partial charge on any atom is 0.292 e. The number of nitrogens with two attached hydrogens (primary N) is 1. The van der Waals surface area contributed by atoms with E-state index in [4.69, 9.17) is 5.73 Å². The van der Waals surface area contributed by atoms with Gasteiger partial charge in [0.1, 0.15) is 5.69 Å². The number of nitrogens with one attached hydrogen (secondary N) is 1. The predicted octanol–water partition coefficient (Wildman–Crippen LogP) is 0.759. The minimum absolute atomic E-state index is 0.150. The Morgan fingerprint density at radius 2 is 2.00 bits per heavy atom. The van der Waals surface area contributed by atoms with Crippen LogP contribution in [0.1, 0.15) is 25.7 Å². The van der Waals surface area contributed by atoms with E-state index < -0.39 is 27.1 Å². The highest BCUT2D eigenvalue weighted by Gasteiger charge is 2.28. The Bertz CT molecular complexity index is 646. The summed E-state index contributed by atoms with van der Waals surface area (Å²) in [5, 5.41) is 20.5. The largest absolute Gasteiger partial charge is 0.393 e. The maximum absolute atomic E-state index is 12.2. The lowest BCUT2D eigenvalue weighted by atomic mass is 9.93. The Morgan fingerprint density at radius 3 is 2.57 bits per heavy atom. The highest BCUT2D eigenvalue weighted by Crippen LogP contribution is 2.26. The number of nitrogens with zero attached hydrogens (tertiary/aromatic N) is 1. The molecule has 8 nitrogen and oxygen atoms in total. The van der Waals surface area contributed by atoms with E-state index in [1.807, 2.05) is 0 Å². The van der Waals surface area contributed by atoms with Gasteiger partial charge in [-0.3, -0.25) is 10.1 Å². The minimum atomic E-state index is -3.87. The lowest BCUT2D eigenvalue weighted by Crippen LogP contribution is -2.44. The van der Waals surface area contributed by atoms with E-state index in [9.17, 15) is 23.6 Å². The number of nitrogen functional groups attached to an aromatic ring is 1. The van der Waals surface area contributed by atoms with Crippen molar-refractivity contribution < 1.29 is 18.4 Å². The summed E-state index contributed by atoms with van der Waals surface area (Å²) in [6.45, 7) is 0. The second-order valence-corrected chi connectivity index (χ2v) is 6.77. The quantitative estimate of drug-likeness (QED) is 0.426. The van der Waals surface area contributed by atoms with E-state index >= 15 is 0 Å². The van der Waals surface area contributed by atoms with Gasteiger partial charge in [-0.05, 0) is 25.0 Å². The molecule has 0 spiro atoms. The number of aliphatic hydroxyl groups excluding tert-OH is 1. The average Bonchev–Trinajstić information content (AvgIpc) is 2.40. The number of anilines is 1. The Labute approximate surface area is 122 Å². The highest BCUT2D eigenvalue weighted by atomic mass is 32.2. The molecule has 0 saturated heterocycles. The van der Waals surface area contributed by atoms with Gasteiger partial charge in [0.15, 0.2) is 0 Å². The molecule has 4 N–H and O–H groups in total. The molecule has 0 radical (unpaired) electrons. The molecule has 0 aromatic heterocycles. The van der Waals surface area contributed by atoms with Crippen molar-refractivity contribution in [1.82, 2.24) is 4.72 Å². The summed E-state index contributed by atoms with van der Waals surface area (Å²) >= 11 is 0. The van der Waals surface area contributed by atoms with Crippen molar-refractivity contribution in [3.05, 3.63) is 28.3 Å². The summed E-state index contributed by atoms with van der Waals surface area (Å²) in [6.07, 6.45) is 2.10. The van der Waals surface area contributed by atoms with E-state index in [2.05, 4.69) is 4.72 Å². The number of aliphatic hydroxyl groups is 1. The number of nitro groups is 1. The van der Waals surface area contributed by atoms with E-state index in [0.29, 0.717) is 12.8 Å². The molecule has 1 aliphatic rings. The molecule has 1 aromatic carbocycles. The Morgan fingerprint density at radius 1 is 1.33 bits per heavy atom. The Hall–Kier alpha value is -1.71. The van der Waals surface area contributed by atoms with Crippen LogP contribution in [0, 0.1) is 10.1 Å². The molecule has 2 atom stereocenters. The van der Waals surface area contributed by atoms with Crippen LogP contribution in [-0.2, 0) is 10.0 Å². The summed E-state index contributed by atoms with van der Waals surface area (Å²) in [6, 6.07) is 2.70. The molecular weight excluding hydrogens is 298 g/mol. The monoisotopic (exact) mass is 315 g/mol. The van der Waals surface area contributed by atoms with Crippen LogP contribution in [0.3, 0.4) is 0 Å². The third-order valence-corrected chi connectivity index (χ3v) is 5.03. The van der Waals surface area contributed by atoms with Crippen molar-refractivity contribution in [3.63, 3.8) is 0 Å².